The average molecular weight is 377 g/mol. The Bertz CT molecular complexity index is 963. The number of imide groups is 1. The molecule has 0 atom stereocenters. The smallest absolute Gasteiger partial charge is 0.278 e. The summed E-state index contributed by atoms with van der Waals surface area (Å²) in [6.07, 6.45) is 0. The van der Waals surface area contributed by atoms with Crippen molar-refractivity contribution in [1.29, 1.82) is 0 Å². The van der Waals surface area contributed by atoms with E-state index >= 15 is 0 Å². The van der Waals surface area contributed by atoms with E-state index in [0.717, 1.165) is 22.4 Å². The monoisotopic (exact) mass is 376 g/mol. The Morgan fingerprint density at radius 1 is 0.893 bits per heavy atom. The highest BCUT2D eigenvalue weighted by Gasteiger charge is 2.38. The van der Waals surface area contributed by atoms with Gasteiger partial charge in [-0.1, -0.05) is 51.1 Å². The highest BCUT2D eigenvalue weighted by Crippen LogP contribution is 2.32. The van der Waals surface area contributed by atoms with E-state index in [1.165, 1.54) is 10.5 Å². The van der Waals surface area contributed by atoms with Crippen LogP contribution in [0.5, 0.6) is 0 Å². The van der Waals surface area contributed by atoms with Gasteiger partial charge in [0.15, 0.2) is 0 Å². The number of carbonyl (C=O) groups is 2. The Morgan fingerprint density at radius 3 is 2.07 bits per heavy atom. The van der Waals surface area contributed by atoms with Crippen molar-refractivity contribution in [3.63, 3.8) is 0 Å². The van der Waals surface area contributed by atoms with Crippen LogP contribution in [0.4, 0.5) is 5.69 Å². The van der Waals surface area contributed by atoms with Crippen LogP contribution >= 0.6 is 0 Å². The molecule has 3 rings (SSSR count). The predicted octanol–water partition coefficient (Wildman–Crippen LogP) is 4.81. The molecule has 0 radical (unpaired) electrons. The Hall–Kier alpha value is -2.88. The maximum atomic E-state index is 12.9. The molecular formula is C24H28N2O2. The lowest BCUT2D eigenvalue weighted by Gasteiger charge is -2.19. The molecule has 4 heteroatoms. The summed E-state index contributed by atoms with van der Waals surface area (Å²) in [6.45, 7) is 12.7. The first-order valence-corrected chi connectivity index (χ1v) is 9.69. The first-order chi connectivity index (χ1) is 13.1. The molecule has 0 spiro atoms. The molecule has 0 aromatic heterocycles. The van der Waals surface area contributed by atoms with E-state index in [2.05, 4.69) is 38.2 Å². The van der Waals surface area contributed by atoms with Crippen molar-refractivity contribution >= 4 is 23.1 Å². The van der Waals surface area contributed by atoms with E-state index < -0.39 is 0 Å². The van der Waals surface area contributed by atoms with Gasteiger partial charge in [-0.05, 0) is 60.6 Å². The van der Waals surface area contributed by atoms with Crippen LogP contribution in [0, 0.1) is 13.8 Å². The molecule has 2 amide bonds. The summed E-state index contributed by atoms with van der Waals surface area (Å²) < 4.78 is 0. The van der Waals surface area contributed by atoms with Crippen molar-refractivity contribution in [2.24, 2.45) is 0 Å². The van der Waals surface area contributed by atoms with Gasteiger partial charge in [0.2, 0.25) is 0 Å². The van der Waals surface area contributed by atoms with E-state index in [1.54, 1.807) is 0 Å². The Labute approximate surface area is 167 Å². The second-order valence-corrected chi connectivity index (χ2v) is 8.36. The fraction of sp³-hybridized carbons (Fsp3) is 0.333. The van der Waals surface area contributed by atoms with Crippen LogP contribution in [0.2, 0.25) is 0 Å². The van der Waals surface area contributed by atoms with Crippen LogP contribution in [0.3, 0.4) is 0 Å². The van der Waals surface area contributed by atoms with Gasteiger partial charge < -0.3 is 5.32 Å². The molecule has 1 aliphatic rings. The standard InChI is InChI=1S/C24H28N2O2/c1-7-26-22(27)20(17-9-8-15(2)16(3)14-17)21(23(26)28)25-19-12-10-18(11-13-19)24(4,5)6/h8-14,25H,7H2,1-6H3. The van der Waals surface area contributed by atoms with E-state index in [9.17, 15) is 9.59 Å². The number of hydrogen-bond donors (Lipinski definition) is 1. The first kappa shape index (κ1) is 19.9. The lowest BCUT2D eigenvalue weighted by Crippen LogP contribution is -2.32. The van der Waals surface area contributed by atoms with Crippen LogP contribution in [-0.2, 0) is 15.0 Å². The zero-order chi connectivity index (χ0) is 20.6. The number of anilines is 1. The molecule has 146 valence electrons. The molecule has 0 aliphatic carbocycles. The van der Waals surface area contributed by atoms with Crippen molar-refractivity contribution in [2.75, 3.05) is 11.9 Å². The molecule has 0 saturated carbocycles. The molecule has 28 heavy (non-hydrogen) atoms. The molecule has 0 fully saturated rings. The molecule has 0 unspecified atom stereocenters. The third kappa shape index (κ3) is 3.59. The van der Waals surface area contributed by atoms with Crippen molar-refractivity contribution in [3.8, 4) is 0 Å². The zero-order valence-corrected chi connectivity index (χ0v) is 17.5. The highest BCUT2D eigenvalue weighted by molar-refractivity contribution is 6.36. The van der Waals surface area contributed by atoms with Gasteiger partial charge in [0, 0.05) is 12.2 Å². The van der Waals surface area contributed by atoms with Gasteiger partial charge in [-0.2, -0.15) is 0 Å². The highest BCUT2D eigenvalue weighted by atomic mass is 16.2. The fourth-order valence-electron chi connectivity index (χ4n) is 3.34. The Balaban J connectivity index is 2.04. The van der Waals surface area contributed by atoms with Crippen LogP contribution in [-0.4, -0.2) is 23.3 Å². The maximum Gasteiger partial charge on any atom is 0.278 e. The molecule has 2 aromatic rings. The number of amides is 2. The number of hydrogen-bond acceptors (Lipinski definition) is 3. The first-order valence-electron chi connectivity index (χ1n) is 9.69. The predicted molar refractivity (Wildman–Crippen MR) is 114 cm³/mol. The van der Waals surface area contributed by atoms with Gasteiger partial charge >= 0.3 is 0 Å². The van der Waals surface area contributed by atoms with Crippen molar-refractivity contribution in [2.45, 2.75) is 47.0 Å². The summed E-state index contributed by atoms with van der Waals surface area (Å²) in [7, 11) is 0. The van der Waals surface area contributed by atoms with Gasteiger partial charge in [-0.15, -0.1) is 0 Å². The summed E-state index contributed by atoms with van der Waals surface area (Å²) in [4.78, 5) is 27.1. The van der Waals surface area contributed by atoms with Gasteiger partial charge in [0.1, 0.15) is 5.70 Å². The van der Waals surface area contributed by atoms with Gasteiger partial charge in [0.25, 0.3) is 11.8 Å². The maximum absolute atomic E-state index is 12.9. The molecule has 1 aliphatic heterocycles. The quantitative estimate of drug-likeness (QED) is 0.779. The molecule has 1 N–H and O–H groups in total. The molecule has 2 aromatic carbocycles. The minimum atomic E-state index is -0.277. The lowest BCUT2D eigenvalue weighted by molar-refractivity contribution is -0.136. The molecular weight excluding hydrogens is 348 g/mol. The van der Waals surface area contributed by atoms with Crippen molar-refractivity contribution in [3.05, 3.63) is 70.4 Å². The van der Waals surface area contributed by atoms with Gasteiger partial charge in [-0.3, -0.25) is 14.5 Å². The normalized spacial score (nSPS) is 14.9. The molecule has 1 heterocycles. The van der Waals surface area contributed by atoms with E-state index in [1.807, 2.05) is 51.1 Å². The van der Waals surface area contributed by atoms with Crippen LogP contribution in [0.25, 0.3) is 5.57 Å². The summed E-state index contributed by atoms with van der Waals surface area (Å²) >= 11 is 0. The van der Waals surface area contributed by atoms with E-state index in [0.29, 0.717) is 17.8 Å². The number of rotatable bonds is 4. The summed E-state index contributed by atoms with van der Waals surface area (Å²) in [5, 5.41) is 3.21. The van der Waals surface area contributed by atoms with Crippen molar-refractivity contribution in [1.82, 2.24) is 4.90 Å². The van der Waals surface area contributed by atoms with E-state index in [-0.39, 0.29) is 17.2 Å². The zero-order valence-electron chi connectivity index (χ0n) is 17.5. The number of aryl methyl sites for hydroxylation is 2. The minimum Gasteiger partial charge on any atom is -0.350 e. The summed E-state index contributed by atoms with van der Waals surface area (Å²) in [5.74, 6) is -0.523. The third-order valence-corrected chi connectivity index (χ3v) is 5.30. The number of carbonyl (C=O) groups excluding carboxylic acids is 2. The number of nitrogens with zero attached hydrogens (tertiary/aromatic N) is 1. The fourth-order valence-corrected chi connectivity index (χ4v) is 3.34. The molecule has 4 nitrogen and oxygen atoms in total. The second kappa shape index (κ2) is 7.27. The SMILES string of the molecule is CCN1C(=O)C(Nc2ccc(C(C)(C)C)cc2)=C(c2ccc(C)c(C)c2)C1=O. The Kier molecular flexibility index (Phi) is 5.16. The second-order valence-electron chi connectivity index (χ2n) is 8.36. The molecule has 0 bridgehead atoms. The largest absolute Gasteiger partial charge is 0.350 e. The van der Waals surface area contributed by atoms with Crippen LogP contribution in [0.15, 0.2) is 48.2 Å². The topological polar surface area (TPSA) is 49.4 Å². The lowest BCUT2D eigenvalue weighted by atomic mass is 9.87. The number of likely N-dealkylation sites (N-methyl/N-ethyl adjacent to an activating group) is 1. The van der Waals surface area contributed by atoms with Crippen LogP contribution in [0.1, 0.15) is 49.9 Å². The van der Waals surface area contributed by atoms with Crippen molar-refractivity contribution < 1.29 is 9.59 Å². The van der Waals surface area contributed by atoms with Gasteiger partial charge in [-0.25, -0.2) is 0 Å². The minimum absolute atomic E-state index is 0.0561. The Morgan fingerprint density at radius 2 is 1.54 bits per heavy atom. The molecule has 0 saturated heterocycles. The van der Waals surface area contributed by atoms with E-state index in [4.69, 9.17) is 0 Å². The average Bonchev–Trinajstić information content (AvgIpc) is 2.87. The number of benzene rings is 2. The van der Waals surface area contributed by atoms with Crippen LogP contribution < -0.4 is 5.32 Å². The third-order valence-electron chi connectivity index (χ3n) is 5.30. The number of nitrogens with one attached hydrogen (secondary N) is 1. The summed E-state index contributed by atoms with van der Waals surface area (Å²) in [5.41, 5.74) is 5.86. The van der Waals surface area contributed by atoms with Gasteiger partial charge in [0.05, 0.1) is 5.57 Å². The summed E-state index contributed by atoms with van der Waals surface area (Å²) in [6, 6.07) is 13.9.